The molecule has 1 N–H and O–H groups in total. The number of alkyl halides is 3. The van der Waals surface area contributed by atoms with Crippen LogP contribution in [0, 0.1) is 6.92 Å². The number of halogens is 3. The molecule has 0 unspecified atom stereocenters. The summed E-state index contributed by atoms with van der Waals surface area (Å²) in [5.74, 6) is -0.785. The molecule has 102 valence electrons. The number of nitrogens with zero attached hydrogens (tertiary/aromatic N) is 3. The van der Waals surface area contributed by atoms with E-state index in [1.54, 1.807) is 7.05 Å². The molecule has 1 heterocycles. The predicted molar refractivity (Wildman–Crippen MR) is 57.0 cm³/mol. The Kier molecular flexibility index (Phi) is 4.33. The molecule has 0 bridgehead atoms. The number of aliphatic hydroxyl groups is 1. The van der Waals surface area contributed by atoms with Gasteiger partial charge in [0.05, 0.1) is 17.9 Å². The van der Waals surface area contributed by atoms with E-state index in [-0.39, 0.29) is 12.1 Å². The molecule has 0 fully saturated rings. The third kappa shape index (κ3) is 3.73. The fraction of sp³-hybridized carbons (Fsp3) is 0.600. The second kappa shape index (κ2) is 5.38. The summed E-state index contributed by atoms with van der Waals surface area (Å²) in [4.78, 5) is 12.5. The van der Waals surface area contributed by atoms with Gasteiger partial charge in [0.1, 0.15) is 6.54 Å². The van der Waals surface area contributed by atoms with Crippen LogP contribution in [-0.2, 0) is 7.05 Å². The molecule has 0 atom stereocenters. The SMILES string of the molecule is Cc1nn(C)cc1C(=O)N(CCO)CC(F)(F)F. The van der Waals surface area contributed by atoms with Gasteiger partial charge in [0.15, 0.2) is 0 Å². The normalized spacial score (nSPS) is 11.7. The number of carbonyl (C=O) groups is 1. The van der Waals surface area contributed by atoms with Gasteiger partial charge in [0, 0.05) is 19.8 Å². The van der Waals surface area contributed by atoms with Crippen LogP contribution in [0.15, 0.2) is 6.20 Å². The highest BCUT2D eigenvalue weighted by molar-refractivity contribution is 5.95. The summed E-state index contributed by atoms with van der Waals surface area (Å²) in [6.45, 7) is -0.744. The summed E-state index contributed by atoms with van der Waals surface area (Å²) in [5.41, 5.74) is 0.461. The van der Waals surface area contributed by atoms with E-state index in [1.165, 1.54) is 17.8 Å². The number of aryl methyl sites for hydroxylation is 2. The molecule has 0 saturated carbocycles. The zero-order chi connectivity index (χ0) is 13.9. The quantitative estimate of drug-likeness (QED) is 0.873. The summed E-state index contributed by atoms with van der Waals surface area (Å²) in [5, 5.41) is 12.6. The van der Waals surface area contributed by atoms with Crippen molar-refractivity contribution in [2.75, 3.05) is 19.7 Å². The lowest BCUT2D eigenvalue weighted by atomic mass is 10.2. The minimum Gasteiger partial charge on any atom is -0.395 e. The lowest BCUT2D eigenvalue weighted by molar-refractivity contribution is -0.141. The first kappa shape index (κ1) is 14.5. The van der Waals surface area contributed by atoms with Crippen LogP contribution in [0.2, 0.25) is 0 Å². The molecule has 18 heavy (non-hydrogen) atoms. The van der Waals surface area contributed by atoms with E-state index >= 15 is 0 Å². The largest absolute Gasteiger partial charge is 0.406 e. The minimum atomic E-state index is -4.50. The van der Waals surface area contributed by atoms with Crippen molar-refractivity contribution in [2.24, 2.45) is 7.05 Å². The van der Waals surface area contributed by atoms with Gasteiger partial charge in [-0.1, -0.05) is 0 Å². The van der Waals surface area contributed by atoms with Gasteiger partial charge in [0.2, 0.25) is 0 Å². The van der Waals surface area contributed by atoms with Crippen molar-refractivity contribution in [1.29, 1.82) is 0 Å². The smallest absolute Gasteiger partial charge is 0.395 e. The molecular weight excluding hydrogens is 251 g/mol. The van der Waals surface area contributed by atoms with Gasteiger partial charge in [-0.25, -0.2) is 0 Å². The van der Waals surface area contributed by atoms with Crippen molar-refractivity contribution in [3.63, 3.8) is 0 Å². The van der Waals surface area contributed by atoms with Crippen LogP contribution >= 0.6 is 0 Å². The van der Waals surface area contributed by atoms with Crippen molar-refractivity contribution in [2.45, 2.75) is 13.1 Å². The van der Waals surface area contributed by atoms with E-state index in [0.717, 1.165) is 0 Å². The molecule has 1 rings (SSSR count). The monoisotopic (exact) mass is 265 g/mol. The maximum atomic E-state index is 12.3. The highest BCUT2D eigenvalue weighted by Gasteiger charge is 2.33. The second-order valence-corrected chi connectivity index (χ2v) is 3.87. The van der Waals surface area contributed by atoms with Crippen LogP contribution in [0.3, 0.4) is 0 Å². The number of hydrogen-bond donors (Lipinski definition) is 1. The predicted octanol–water partition coefficient (Wildman–Crippen LogP) is 0.725. The molecule has 0 aliphatic rings. The zero-order valence-electron chi connectivity index (χ0n) is 10.0. The first-order valence-electron chi connectivity index (χ1n) is 5.21. The van der Waals surface area contributed by atoms with Crippen LogP contribution in [-0.4, -0.2) is 51.6 Å². The molecule has 1 amide bonds. The number of carbonyl (C=O) groups excluding carboxylic acids is 1. The fourth-order valence-electron chi connectivity index (χ4n) is 1.57. The lowest BCUT2D eigenvalue weighted by Crippen LogP contribution is -2.40. The van der Waals surface area contributed by atoms with Gasteiger partial charge in [-0.3, -0.25) is 9.48 Å². The van der Waals surface area contributed by atoms with Gasteiger partial charge in [-0.2, -0.15) is 18.3 Å². The molecule has 0 radical (unpaired) electrons. The van der Waals surface area contributed by atoms with Crippen molar-refractivity contribution in [3.05, 3.63) is 17.5 Å². The molecule has 1 aromatic rings. The van der Waals surface area contributed by atoms with E-state index in [9.17, 15) is 18.0 Å². The van der Waals surface area contributed by atoms with E-state index in [4.69, 9.17) is 5.11 Å². The molecular formula is C10H14F3N3O2. The van der Waals surface area contributed by atoms with Crippen molar-refractivity contribution in [3.8, 4) is 0 Å². The Hall–Kier alpha value is -1.57. The standard InChI is InChI=1S/C10H14F3N3O2/c1-7-8(5-15(2)14-7)9(18)16(3-4-17)6-10(11,12)13/h5,17H,3-4,6H2,1-2H3. The van der Waals surface area contributed by atoms with Gasteiger partial charge < -0.3 is 10.0 Å². The molecule has 8 heteroatoms. The molecule has 0 saturated heterocycles. The van der Waals surface area contributed by atoms with Gasteiger partial charge in [0.25, 0.3) is 5.91 Å². The summed E-state index contributed by atoms with van der Waals surface area (Å²) in [6.07, 6.45) is -3.14. The minimum absolute atomic E-state index is 0.107. The van der Waals surface area contributed by atoms with Crippen LogP contribution in [0.1, 0.15) is 16.1 Å². The highest BCUT2D eigenvalue weighted by atomic mass is 19.4. The average Bonchev–Trinajstić information content (AvgIpc) is 2.54. The molecule has 0 aliphatic carbocycles. The Labute approximate surface area is 102 Å². The molecule has 0 aromatic carbocycles. The van der Waals surface area contributed by atoms with E-state index in [2.05, 4.69) is 5.10 Å². The Balaban J connectivity index is 2.92. The van der Waals surface area contributed by atoms with Gasteiger partial charge in [-0.15, -0.1) is 0 Å². The number of amides is 1. The third-order valence-corrected chi connectivity index (χ3v) is 2.27. The number of hydrogen-bond acceptors (Lipinski definition) is 3. The van der Waals surface area contributed by atoms with Crippen LogP contribution in [0.25, 0.3) is 0 Å². The van der Waals surface area contributed by atoms with Crippen molar-refractivity contribution < 1.29 is 23.1 Å². The van der Waals surface area contributed by atoms with Crippen LogP contribution in [0.5, 0.6) is 0 Å². The Bertz CT molecular complexity index is 428. The Morgan fingerprint density at radius 2 is 2.17 bits per heavy atom. The Morgan fingerprint density at radius 1 is 1.56 bits per heavy atom. The summed E-state index contributed by atoms with van der Waals surface area (Å²) in [6, 6.07) is 0. The zero-order valence-corrected chi connectivity index (χ0v) is 10.0. The number of aliphatic hydroxyl groups excluding tert-OH is 1. The van der Waals surface area contributed by atoms with Gasteiger partial charge in [-0.05, 0) is 6.92 Å². The third-order valence-electron chi connectivity index (χ3n) is 2.27. The topological polar surface area (TPSA) is 58.4 Å². The fourth-order valence-corrected chi connectivity index (χ4v) is 1.57. The van der Waals surface area contributed by atoms with Crippen LogP contribution < -0.4 is 0 Å². The molecule has 1 aromatic heterocycles. The lowest BCUT2D eigenvalue weighted by Gasteiger charge is -2.22. The van der Waals surface area contributed by atoms with Crippen LogP contribution in [0.4, 0.5) is 13.2 Å². The summed E-state index contributed by atoms with van der Waals surface area (Å²) in [7, 11) is 1.57. The number of aromatic nitrogens is 2. The van der Waals surface area contributed by atoms with Gasteiger partial charge >= 0.3 is 6.18 Å². The maximum Gasteiger partial charge on any atom is 0.406 e. The second-order valence-electron chi connectivity index (χ2n) is 3.87. The van der Waals surface area contributed by atoms with Crippen molar-refractivity contribution in [1.82, 2.24) is 14.7 Å². The van der Waals surface area contributed by atoms with E-state index in [0.29, 0.717) is 10.6 Å². The Morgan fingerprint density at radius 3 is 2.56 bits per heavy atom. The first-order valence-corrected chi connectivity index (χ1v) is 5.21. The molecule has 0 spiro atoms. The average molecular weight is 265 g/mol. The highest BCUT2D eigenvalue weighted by Crippen LogP contribution is 2.18. The van der Waals surface area contributed by atoms with Crippen molar-refractivity contribution >= 4 is 5.91 Å². The number of rotatable bonds is 4. The van der Waals surface area contributed by atoms with E-state index < -0.39 is 25.2 Å². The van der Waals surface area contributed by atoms with E-state index in [1.807, 2.05) is 0 Å². The summed E-state index contributed by atoms with van der Waals surface area (Å²) < 4.78 is 38.3. The molecule has 0 aliphatic heterocycles. The summed E-state index contributed by atoms with van der Waals surface area (Å²) >= 11 is 0. The maximum absolute atomic E-state index is 12.3. The molecule has 5 nitrogen and oxygen atoms in total. The first-order chi connectivity index (χ1) is 8.24.